The van der Waals surface area contributed by atoms with Crippen LogP contribution >= 0.6 is 7.60 Å². The van der Waals surface area contributed by atoms with Crippen molar-refractivity contribution in [3.05, 3.63) is 60.4 Å². The number of rotatable bonds is 10. The summed E-state index contributed by atoms with van der Waals surface area (Å²) in [7, 11) is -1.58. The summed E-state index contributed by atoms with van der Waals surface area (Å²) >= 11 is 0. The first kappa shape index (κ1) is 31.2. The Morgan fingerprint density at radius 3 is 2.37 bits per heavy atom. The maximum absolute atomic E-state index is 12.8. The molecule has 0 aliphatic carbocycles. The third kappa shape index (κ3) is 6.51. The number of ether oxygens (including phenoxy) is 2. The van der Waals surface area contributed by atoms with Crippen molar-refractivity contribution < 1.29 is 32.3 Å². The number of amides is 1. The van der Waals surface area contributed by atoms with Gasteiger partial charge in [-0.2, -0.15) is 0 Å². The molecule has 1 fully saturated rings. The lowest BCUT2D eigenvalue weighted by Gasteiger charge is -2.40. The SMILES string of the molecule is COC1C(C=CP(=O)(OC)OC)OC(n2cnc3c(NC(=O)c4ccccc4)ncnc32)C1O[Si](C)(C)C(C)(C)C. The Labute approximate surface area is 241 Å². The molecule has 1 N–H and O–H groups in total. The van der Waals surface area contributed by atoms with Gasteiger partial charge in [0.15, 0.2) is 31.5 Å². The van der Waals surface area contributed by atoms with Crippen LogP contribution in [0.4, 0.5) is 5.82 Å². The molecule has 4 atom stereocenters. The molecule has 3 heterocycles. The van der Waals surface area contributed by atoms with Crippen LogP contribution in [-0.4, -0.2) is 73.4 Å². The molecule has 1 saturated heterocycles. The van der Waals surface area contributed by atoms with Crippen molar-refractivity contribution in [3.63, 3.8) is 0 Å². The van der Waals surface area contributed by atoms with Crippen LogP contribution in [0.2, 0.25) is 18.1 Å². The van der Waals surface area contributed by atoms with Crippen molar-refractivity contribution >= 4 is 38.8 Å². The highest BCUT2D eigenvalue weighted by atomic mass is 31.2. The predicted octanol–water partition coefficient (Wildman–Crippen LogP) is 5.38. The molecular formula is C27H38N5O7PSi. The van der Waals surface area contributed by atoms with Crippen molar-refractivity contribution in [1.82, 2.24) is 19.5 Å². The zero-order chi connectivity index (χ0) is 30.0. The van der Waals surface area contributed by atoms with Crippen molar-refractivity contribution in [2.75, 3.05) is 26.6 Å². The average Bonchev–Trinajstić information content (AvgIpc) is 3.52. The summed E-state index contributed by atoms with van der Waals surface area (Å²) in [6.45, 7) is 10.7. The summed E-state index contributed by atoms with van der Waals surface area (Å²) in [5.74, 6) is 1.31. The number of benzene rings is 1. The van der Waals surface area contributed by atoms with E-state index in [1.165, 1.54) is 26.4 Å². The molecule has 222 valence electrons. The van der Waals surface area contributed by atoms with Crippen LogP contribution in [0.1, 0.15) is 37.4 Å². The zero-order valence-electron chi connectivity index (χ0n) is 24.6. The lowest BCUT2D eigenvalue weighted by Crippen LogP contribution is -2.48. The topological polar surface area (TPSA) is 136 Å². The van der Waals surface area contributed by atoms with Gasteiger partial charge in [0.1, 0.15) is 24.6 Å². The number of nitrogens with zero attached hydrogens (tertiary/aromatic N) is 4. The molecule has 1 aliphatic heterocycles. The van der Waals surface area contributed by atoms with Crippen molar-refractivity contribution in [2.45, 2.75) is 63.4 Å². The van der Waals surface area contributed by atoms with Crippen LogP contribution in [0.3, 0.4) is 0 Å². The smallest absolute Gasteiger partial charge is 0.353 e. The third-order valence-corrected chi connectivity index (χ3v) is 13.6. The van der Waals surface area contributed by atoms with Gasteiger partial charge in [0, 0.05) is 32.7 Å². The van der Waals surface area contributed by atoms with E-state index in [-0.39, 0.29) is 16.8 Å². The Bertz CT molecular complexity index is 1430. The number of hydrogen-bond donors (Lipinski definition) is 1. The first-order valence-electron chi connectivity index (χ1n) is 13.1. The molecule has 0 saturated carbocycles. The van der Waals surface area contributed by atoms with Gasteiger partial charge in [-0.25, -0.2) is 15.0 Å². The van der Waals surface area contributed by atoms with E-state index in [0.717, 1.165) is 0 Å². The molecule has 0 bridgehead atoms. The van der Waals surface area contributed by atoms with Crippen LogP contribution < -0.4 is 5.32 Å². The standard InChI is InChI=1S/C27H38N5O7PSi/c1-27(2,3)41(7,8)39-22-21(35-4)19(14-15-40(34,36-5)37-6)38-26(22)32-17-30-20-23(28-16-29-24(20)32)31-25(33)18-12-10-9-11-13-18/h9-17,19,21-22,26H,1-8H3,(H,28,29,31,33). The largest absolute Gasteiger partial charge is 0.407 e. The first-order chi connectivity index (χ1) is 19.3. The third-order valence-electron chi connectivity index (χ3n) is 7.60. The van der Waals surface area contributed by atoms with E-state index >= 15 is 0 Å². The average molecular weight is 604 g/mol. The maximum Gasteiger partial charge on any atom is 0.353 e. The molecule has 41 heavy (non-hydrogen) atoms. The quantitative estimate of drug-likeness (QED) is 0.238. The van der Waals surface area contributed by atoms with Gasteiger partial charge in [-0.3, -0.25) is 13.9 Å². The summed E-state index contributed by atoms with van der Waals surface area (Å²) in [4.78, 5) is 26.1. The van der Waals surface area contributed by atoms with Gasteiger partial charge in [0.05, 0.1) is 6.33 Å². The van der Waals surface area contributed by atoms with Gasteiger partial charge in [-0.15, -0.1) is 0 Å². The molecule has 4 rings (SSSR count). The fraction of sp³-hybridized carbons (Fsp3) is 0.481. The van der Waals surface area contributed by atoms with Crippen LogP contribution in [-0.2, 0) is 27.5 Å². The minimum Gasteiger partial charge on any atom is -0.407 e. The van der Waals surface area contributed by atoms with Gasteiger partial charge >= 0.3 is 7.60 Å². The monoisotopic (exact) mass is 603 g/mol. The van der Waals surface area contributed by atoms with Crippen LogP contribution in [0.5, 0.6) is 0 Å². The molecule has 12 nitrogen and oxygen atoms in total. The van der Waals surface area contributed by atoms with E-state index in [1.807, 2.05) is 6.07 Å². The highest BCUT2D eigenvalue weighted by Gasteiger charge is 2.51. The Morgan fingerprint density at radius 2 is 1.76 bits per heavy atom. The highest BCUT2D eigenvalue weighted by Crippen LogP contribution is 2.49. The normalized spacial score (nSPS) is 22.0. The van der Waals surface area contributed by atoms with Crippen molar-refractivity contribution in [1.29, 1.82) is 0 Å². The van der Waals surface area contributed by atoms with Crippen LogP contribution in [0.15, 0.2) is 54.9 Å². The molecule has 14 heteroatoms. The Balaban J connectivity index is 1.74. The molecule has 3 aromatic rings. The van der Waals surface area contributed by atoms with Crippen LogP contribution in [0.25, 0.3) is 11.2 Å². The molecular weight excluding hydrogens is 565 g/mol. The van der Waals surface area contributed by atoms with Crippen molar-refractivity contribution in [2.24, 2.45) is 0 Å². The Morgan fingerprint density at radius 1 is 1.07 bits per heavy atom. The number of aromatic nitrogens is 4. The van der Waals surface area contributed by atoms with Gasteiger partial charge in [-0.05, 0) is 36.3 Å². The summed E-state index contributed by atoms with van der Waals surface area (Å²) in [5, 5.41) is 2.73. The fourth-order valence-electron chi connectivity index (χ4n) is 4.24. The minimum absolute atomic E-state index is 0.0976. The number of nitrogens with one attached hydrogen (secondary N) is 1. The van der Waals surface area contributed by atoms with Gasteiger partial charge in [-0.1, -0.05) is 39.0 Å². The van der Waals surface area contributed by atoms with E-state index in [4.69, 9.17) is 22.9 Å². The highest BCUT2D eigenvalue weighted by molar-refractivity contribution is 7.57. The number of carbonyl (C=O) groups is 1. The van der Waals surface area contributed by atoms with Crippen LogP contribution in [0, 0.1) is 0 Å². The lowest BCUT2D eigenvalue weighted by molar-refractivity contribution is -0.0204. The van der Waals surface area contributed by atoms with Gasteiger partial charge in [0.2, 0.25) is 0 Å². The fourth-order valence-corrected chi connectivity index (χ4v) is 6.30. The number of fused-ring (bicyclic) bond motifs is 1. The van der Waals surface area contributed by atoms with E-state index in [0.29, 0.717) is 16.7 Å². The lowest BCUT2D eigenvalue weighted by atomic mass is 10.1. The molecule has 0 spiro atoms. The van der Waals surface area contributed by atoms with E-state index in [2.05, 4.69) is 54.1 Å². The van der Waals surface area contributed by atoms with Gasteiger partial charge in [0.25, 0.3) is 5.91 Å². The number of methoxy groups -OCH3 is 1. The number of imidazole rings is 1. The summed E-state index contributed by atoms with van der Waals surface area (Å²) in [5.41, 5.74) is 1.32. The molecule has 2 aromatic heterocycles. The maximum atomic E-state index is 12.8. The second-order valence-electron chi connectivity index (χ2n) is 11.1. The Hall–Kier alpha value is -2.77. The molecule has 1 amide bonds. The summed E-state index contributed by atoms with van der Waals surface area (Å²) in [6.07, 6.45) is 2.04. The predicted molar refractivity (Wildman–Crippen MR) is 157 cm³/mol. The first-order valence-corrected chi connectivity index (χ1v) is 17.7. The molecule has 4 unspecified atom stereocenters. The van der Waals surface area contributed by atoms with E-state index < -0.39 is 40.5 Å². The van der Waals surface area contributed by atoms with Crippen molar-refractivity contribution in [3.8, 4) is 0 Å². The van der Waals surface area contributed by atoms with E-state index in [9.17, 15) is 9.36 Å². The van der Waals surface area contributed by atoms with Gasteiger partial charge < -0.3 is 28.3 Å². The number of carbonyl (C=O) groups excluding carboxylic acids is 1. The molecule has 1 aliphatic rings. The molecule has 0 radical (unpaired) electrons. The summed E-state index contributed by atoms with van der Waals surface area (Å²) < 4.78 is 43.9. The summed E-state index contributed by atoms with van der Waals surface area (Å²) in [6, 6.07) is 8.84. The van der Waals surface area contributed by atoms with E-state index in [1.54, 1.807) is 48.3 Å². The minimum atomic E-state index is -3.45. The molecule has 1 aromatic carbocycles. The second kappa shape index (κ2) is 12.2. The zero-order valence-corrected chi connectivity index (χ0v) is 26.5. The number of anilines is 1. The second-order valence-corrected chi connectivity index (χ2v) is 18.0. The number of hydrogen-bond acceptors (Lipinski definition) is 10. The Kier molecular flexibility index (Phi) is 9.29.